The molecule has 6 nitrogen and oxygen atoms in total. The molecule has 3 heterocycles. The summed E-state index contributed by atoms with van der Waals surface area (Å²) in [6.45, 7) is 7.53. The molecule has 102 valence electrons. The Morgan fingerprint density at radius 3 is 2.33 bits per heavy atom. The van der Waals surface area contributed by atoms with E-state index in [4.69, 9.17) is 23.7 Å². The van der Waals surface area contributed by atoms with Crippen molar-refractivity contribution in [3.8, 4) is 0 Å². The molecular formula is C12H18O6. The second kappa shape index (κ2) is 3.60. The molecular weight excluding hydrogens is 240 g/mol. The Morgan fingerprint density at radius 1 is 1.06 bits per heavy atom. The van der Waals surface area contributed by atoms with Gasteiger partial charge in [-0.25, -0.2) is 0 Å². The van der Waals surface area contributed by atoms with Gasteiger partial charge in [0.15, 0.2) is 29.2 Å². The lowest BCUT2D eigenvalue weighted by atomic mass is 10.2. The number of ether oxygens (including phenoxy) is 5. The summed E-state index contributed by atoms with van der Waals surface area (Å²) in [5.74, 6) is -1.02. The first-order chi connectivity index (χ1) is 8.27. The summed E-state index contributed by atoms with van der Waals surface area (Å²) in [5, 5.41) is 10.1. The fourth-order valence-corrected chi connectivity index (χ4v) is 2.38. The SMILES string of the molecule is CC1(C)OCC(C2=C(O)C3OC(C)(C)OC3O2)O1. The summed E-state index contributed by atoms with van der Waals surface area (Å²) < 4.78 is 27.8. The summed E-state index contributed by atoms with van der Waals surface area (Å²) in [7, 11) is 0. The number of rotatable bonds is 1. The van der Waals surface area contributed by atoms with E-state index < -0.39 is 30.1 Å². The number of hydrogen-bond donors (Lipinski definition) is 1. The molecule has 0 spiro atoms. The molecule has 3 rings (SSSR count). The highest BCUT2D eigenvalue weighted by atomic mass is 16.8. The second-order valence-electron chi connectivity index (χ2n) is 5.61. The zero-order chi connectivity index (χ0) is 13.1. The summed E-state index contributed by atoms with van der Waals surface area (Å²) in [6.07, 6.45) is -1.61. The van der Waals surface area contributed by atoms with Gasteiger partial charge in [-0.15, -0.1) is 0 Å². The van der Waals surface area contributed by atoms with Crippen molar-refractivity contribution in [2.24, 2.45) is 0 Å². The molecule has 0 aliphatic carbocycles. The van der Waals surface area contributed by atoms with Crippen molar-refractivity contribution in [3.63, 3.8) is 0 Å². The van der Waals surface area contributed by atoms with Crippen LogP contribution >= 0.6 is 0 Å². The van der Waals surface area contributed by atoms with Crippen LogP contribution in [0.5, 0.6) is 0 Å². The Balaban J connectivity index is 1.78. The van der Waals surface area contributed by atoms with E-state index >= 15 is 0 Å². The highest BCUT2D eigenvalue weighted by Gasteiger charge is 2.53. The van der Waals surface area contributed by atoms with E-state index in [1.165, 1.54) is 0 Å². The van der Waals surface area contributed by atoms with E-state index in [0.717, 1.165) is 0 Å². The van der Waals surface area contributed by atoms with E-state index in [1.807, 2.05) is 13.8 Å². The van der Waals surface area contributed by atoms with Crippen LogP contribution < -0.4 is 0 Å². The predicted molar refractivity (Wildman–Crippen MR) is 59.5 cm³/mol. The summed E-state index contributed by atoms with van der Waals surface area (Å²) in [4.78, 5) is 0. The van der Waals surface area contributed by atoms with Crippen molar-refractivity contribution in [2.45, 2.75) is 57.8 Å². The van der Waals surface area contributed by atoms with Gasteiger partial charge in [0.05, 0.1) is 6.61 Å². The van der Waals surface area contributed by atoms with Crippen molar-refractivity contribution in [1.82, 2.24) is 0 Å². The second-order valence-corrected chi connectivity index (χ2v) is 5.61. The normalized spacial score (nSPS) is 41.0. The molecule has 0 aromatic heterocycles. The van der Waals surface area contributed by atoms with Gasteiger partial charge in [0.2, 0.25) is 6.29 Å². The van der Waals surface area contributed by atoms with Crippen LogP contribution in [0.1, 0.15) is 27.7 Å². The van der Waals surface area contributed by atoms with E-state index in [-0.39, 0.29) is 5.76 Å². The van der Waals surface area contributed by atoms with E-state index in [0.29, 0.717) is 12.4 Å². The zero-order valence-electron chi connectivity index (χ0n) is 10.9. The Labute approximate surface area is 105 Å². The van der Waals surface area contributed by atoms with Crippen molar-refractivity contribution < 1.29 is 28.8 Å². The fraction of sp³-hybridized carbons (Fsp3) is 0.833. The minimum Gasteiger partial charge on any atom is -0.506 e. The zero-order valence-corrected chi connectivity index (χ0v) is 10.9. The molecule has 3 unspecified atom stereocenters. The Kier molecular flexibility index (Phi) is 2.45. The first-order valence-corrected chi connectivity index (χ1v) is 6.04. The molecule has 6 heteroatoms. The van der Waals surface area contributed by atoms with Crippen LogP contribution in [-0.4, -0.2) is 41.8 Å². The first kappa shape index (κ1) is 12.2. The van der Waals surface area contributed by atoms with Gasteiger partial charge in [0.25, 0.3) is 0 Å². The molecule has 0 saturated carbocycles. The van der Waals surface area contributed by atoms with Gasteiger partial charge in [0.1, 0.15) is 6.10 Å². The molecule has 3 aliphatic heterocycles. The molecule has 1 N–H and O–H groups in total. The maximum atomic E-state index is 10.1. The Bertz CT molecular complexity index is 399. The third-order valence-electron chi connectivity index (χ3n) is 3.12. The molecule has 18 heavy (non-hydrogen) atoms. The van der Waals surface area contributed by atoms with Crippen LogP contribution in [0, 0.1) is 0 Å². The minimum atomic E-state index is -0.749. The monoisotopic (exact) mass is 258 g/mol. The van der Waals surface area contributed by atoms with Crippen LogP contribution in [0.2, 0.25) is 0 Å². The van der Waals surface area contributed by atoms with Gasteiger partial charge >= 0.3 is 0 Å². The molecule has 3 atom stereocenters. The van der Waals surface area contributed by atoms with Crippen molar-refractivity contribution in [1.29, 1.82) is 0 Å². The van der Waals surface area contributed by atoms with E-state index in [2.05, 4.69) is 0 Å². The van der Waals surface area contributed by atoms with Gasteiger partial charge in [0, 0.05) is 0 Å². The molecule has 2 fully saturated rings. The average Bonchev–Trinajstić information content (AvgIpc) is 2.81. The maximum Gasteiger partial charge on any atom is 0.236 e. The molecule has 0 radical (unpaired) electrons. The van der Waals surface area contributed by atoms with Gasteiger partial charge in [-0.2, -0.15) is 0 Å². The third-order valence-corrected chi connectivity index (χ3v) is 3.12. The van der Waals surface area contributed by atoms with Crippen molar-refractivity contribution in [2.75, 3.05) is 6.61 Å². The quantitative estimate of drug-likeness (QED) is 0.767. The third kappa shape index (κ3) is 1.89. The molecule has 0 amide bonds. The van der Waals surface area contributed by atoms with Crippen LogP contribution in [-0.2, 0) is 23.7 Å². The summed E-state index contributed by atoms with van der Waals surface area (Å²) >= 11 is 0. The largest absolute Gasteiger partial charge is 0.506 e. The minimum absolute atomic E-state index is 0.0388. The first-order valence-electron chi connectivity index (χ1n) is 6.04. The molecule has 0 bridgehead atoms. The van der Waals surface area contributed by atoms with Gasteiger partial charge in [-0.1, -0.05) is 0 Å². The number of aliphatic hydroxyl groups excluding tert-OH is 1. The van der Waals surface area contributed by atoms with Crippen LogP contribution in [0.3, 0.4) is 0 Å². The molecule has 3 aliphatic rings. The fourth-order valence-electron chi connectivity index (χ4n) is 2.38. The highest BCUT2D eigenvalue weighted by molar-refractivity contribution is 5.19. The van der Waals surface area contributed by atoms with Gasteiger partial charge < -0.3 is 28.8 Å². The van der Waals surface area contributed by atoms with Crippen LogP contribution in [0.25, 0.3) is 0 Å². The average molecular weight is 258 g/mol. The maximum absolute atomic E-state index is 10.1. The topological polar surface area (TPSA) is 66.4 Å². The molecule has 0 aromatic rings. The van der Waals surface area contributed by atoms with Crippen LogP contribution in [0.4, 0.5) is 0 Å². The highest BCUT2D eigenvalue weighted by Crippen LogP contribution is 2.41. The Morgan fingerprint density at radius 2 is 1.78 bits per heavy atom. The number of hydrogen-bond acceptors (Lipinski definition) is 6. The van der Waals surface area contributed by atoms with Gasteiger partial charge in [-0.3, -0.25) is 0 Å². The number of fused-ring (bicyclic) bond motifs is 1. The smallest absolute Gasteiger partial charge is 0.236 e. The number of aliphatic hydroxyl groups is 1. The predicted octanol–water partition coefficient (Wildman–Crippen LogP) is 1.42. The van der Waals surface area contributed by atoms with Crippen molar-refractivity contribution >= 4 is 0 Å². The summed E-state index contributed by atoms with van der Waals surface area (Å²) in [6, 6.07) is 0. The molecule has 0 aromatic carbocycles. The standard InChI is InChI=1S/C12H18O6/c1-11(2)14-5-6(16-11)8-7(13)9-10(15-8)18-12(3,4)17-9/h6,9-10,13H,5H2,1-4H3. The lowest BCUT2D eigenvalue weighted by Crippen LogP contribution is -2.26. The lowest BCUT2D eigenvalue weighted by molar-refractivity contribution is -0.190. The molecule has 2 saturated heterocycles. The summed E-state index contributed by atoms with van der Waals surface area (Å²) in [5.41, 5.74) is 0. The van der Waals surface area contributed by atoms with E-state index in [1.54, 1.807) is 13.8 Å². The van der Waals surface area contributed by atoms with Crippen LogP contribution in [0.15, 0.2) is 11.5 Å². The Hall–Kier alpha value is -0.820. The lowest BCUT2D eigenvalue weighted by Gasteiger charge is -2.21. The van der Waals surface area contributed by atoms with E-state index in [9.17, 15) is 5.11 Å². The van der Waals surface area contributed by atoms with Gasteiger partial charge in [-0.05, 0) is 27.7 Å². The van der Waals surface area contributed by atoms with Crippen molar-refractivity contribution in [3.05, 3.63) is 11.5 Å².